The molecule has 1 aromatic heterocycles. The van der Waals surface area contributed by atoms with Crippen LogP contribution in [0.4, 0.5) is 0 Å². The third-order valence-corrected chi connectivity index (χ3v) is 5.49. The van der Waals surface area contributed by atoms with Crippen LogP contribution in [0.5, 0.6) is 17.2 Å². The van der Waals surface area contributed by atoms with Crippen LogP contribution < -0.4 is 19.5 Å². The lowest BCUT2D eigenvalue weighted by molar-refractivity contribution is -0.116. The third kappa shape index (κ3) is 4.86. The molecule has 3 aromatic rings. The Morgan fingerprint density at radius 1 is 1.19 bits per heavy atom. The summed E-state index contributed by atoms with van der Waals surface area (Å²) in [5, 5.41) is 3.40. The van der Waals surface area contributed by atoms with Crippen LogP contribution in [0.1, 0.15) is 11.1 Å². The van der Waals surface area contributed by atoms with Gasteiger partial charge in [0.15, 0.2) is 0 Å². The molecule has 32 heavy (non-hydrogen) atoms. The van der Waals surface area contributed by atoms with Gasteiger partial charge in [-0.3, -0.25) is 9.78 Å². The zero-order chi connectivity index (χ0) is 22.5. The average Bonchev–Trinajstić information content (AvgIpc) is 3.25. The van der Waals surface area contributed by atoms with Crippen molar-refractivity contribution >= 4 is 23.6 Å². The first-order valence-corrected chi connectivity index (χ1v) is 10.5. The van der Waals surface area contributed by atoms with Gasteiger partial charge in [0.05, 0.1) is 25.8 Å². The SMILES string of the molecule is COc1ccc(OC)c(-c2cc(Cl)c3c(c2)C[C@@H](CNC(=O)/C=C/c2ccncc2)O3)c1. The van der Waals surface area contributed by atoms with E-state index in [1.807, 2.05) is 42.5 Å². The Hall–Kier alpha value is -3.51. The molecule has 6 nitrogen and oxygen atoms in total. The number of methoxy groups -OCH3 is 2. The molecule has 0 unspecified atom stereocenters. The van der Waals surface area contributed by atoms with Gasteiger partial charge >= 0.3 is 0 Å². The monoisotopic (exact) mass is 450 g/mol. The fourth-order valence-electron chi connectivity index (χ4n) is 3.62. The molecule has 0 radical (unpaired) electrons. The van der Waals surface area contributed by atoms with Gasteiger partial charge in [0.2, 0.25) is 5.91 Å². The number of aromatic nitrogens is 1. The molecule has 2 heterocycles. The van der Waals surface area contributed by atoms with E-state index in [0.717, 1.165) is 33.8 Å². The van der Waals surface area contributed by atoms with Crippen LogP contribution >= 0.6 is 11.6 Å². The molecule has 7 heteroatoms. The number of carbonyl (C=O) groups is 1. The van der Waals surface area contributed by atoms with Gasteiger partial charge in [-0.15, -0.1) is 0 Å². The number of nitrogens with zero attached hydrogens (tertiary/aromatic N) is 1. The molecule has 4 rings (SSSR count). The molecular formula is C25H23ClN2O4. The molecule has 0 saturated carbocycles. The van der Waals surface area contributed by atoms with Gasteiger partial charge in [-0.05, 0) is 59.7 Å². The summed E-state index contributed by atoms with van der Waals surface area (Å²) in [4.78, 5) is 16.1. The number of ether oxygens (including phenoxy) is 3. The highest BCUT2D eigenvalue weighted by Gasteiger charge is 2.26. The third-order valence-electron chi connectivity index (χ3n) is 5.21. The summed E-state index contributed by atoms with van der Waals surface area (Å²) in [6.07, 6.45) is 7.05. The summed E-state index contributed by atoms with van der Waals surface area (Å²) in [6.45, 7) is 0.377. The van der Waals surface area contributed by atoms with Gasteiger partial charge in [0.25, 0.3) is 0 Å². The van der Waals surface area contributed by atoms with E-state index in [1.54, 1.807) is 32.7 Å². The molecule has 1 atom stereocenters. The number of rotatable bonds is 7. The Kier molecular flexibility index (Phi) is 6.61. The largest absolute Gasteiger partial charge is 0.497 e. The molecule has 1 amide bonds. The van der Waals surface area contributed by atoms with E-state index >= 15 is 0 Å². The van der Waals surface area contributed by atoms with Crippen LogP contribution in [-0.4, -0.2) is 37.8 Å². The normalized spacial score (nSPS) is 14.7. The zero-order valence-electron chi connectivity index (χ0n) is 17.8. The number of pyridine rings is 1. The van der Waals surface area contributed by atoms with Crippen molar-refractivity contribution in [2.45, 2.75) is 12.5 Å². The average molecular weight is 451 g/mol. The summed E-state index contributed by atoms with van der Waals surface area (Å²) >= 11 is 6.54. The molecule has 0 saturated heterocycles. The van der Waals surface area contributed by atoms with Crippen LogP contribution in [0.2, 0.25) is 5.02 Å². The fraction of sp³-hybridized carbons (Fsp3) is 0.200. The Labute approximate surface area is 191 Å². The fourth-order valence-corrected chi connectivity index (χ4v) is 3.90. The zero-order valence-corrected chi connectivity index (χ0v) is 18.6. The topological polar surface area (TPSA) is 69.7 Å². The molecule has 0 bridgehead atoms. The molecule has 2 aromatic carbocycles. The molecule has 1 aliphatic rings. The summed E-state index contributed by atoms with van der Waals surface area (Å²) in [7, 11) is 3.26. The molecular weight excluding hydrogens is 428 g/mol. The Morgan fingerprint density at radius 2 is 2.00 bits per heavy atom. The first kappa shape index (κ1) is 21.7. The van der Waals surface area contributed by atoms with E-state index in [0.29, 0.717) is 23.7 Å². The number of halogens is 1. The predicted molar refractivity (Wildman–Crippen MR) is 124 cm³/mol. The predicted octanol–water partition coefficient (Wildman–Crippen LogP) is 4.55. The van der Waals surface area contributed by atoms with Crippen LogP contribution in [0, 0.1) is 0 Å². The number of hydrogen-bond donors (Lipinski definition) is 1. The van der Waals surface area contributed by atoms with E-state index in [9.17, 15) is 4.79 Å². The highest BCUT2D eigenvalue weighted by atomic mass is 35.5. The number of benzene rings is 2. The minimum absolute atomic E-state index is 0.186. The Balaban J connectivity index is 1.45. The van der Waals surface area contributed by atoms with E-state index < -0.39 is 0 Å². The summed E-state index contributed by atoms with van der Waals surface area (Å²) < 4.78 is 16.9. The van der Waals surface area contributed by atoms with Crippen molar-refractivity contribution < 1.29 is 19.0 Å². The number of hydrogen-bond acceptors (Lipinski definition) is 5. The van der Waals surface area contributed by atoms with Crippen molar-refractivity contribution in [1.29, 1.82) is 0 Å². The summed E-state index contributed by atoms with van der Waals surface area (Å²) in [6, 6.07) is 13.2. The van der Waals surface area contributed by atoms with E-state index in [2.05, 4.69) is 10.3 Å². The van der Waals surface area contributed by atoms with Crippen LogP contribution in [0.3, 0.4) is 0 Å². The molecule has 0 spiro atoms. The lowest BCUT2D eigenvalue weighted by Gasteiger charge is -2.13. The Bertz CT molecular complexity index is 1150. The van der Waals surface area contributed by atoms with Gasteiger partial charge in [0, 0.05) is 36.0 Å². The van der Waals surface area contributed by atoms with Crippen molar-refractivity contribution in [3.8, 4) is 28.4 Å². The number of carbonyl (C=O) groups excluding carboxylic acids is 1. The van der Waals surface area contributed by atoms with Crippen LogP contribution in [-0.2, 0) is 11.2 Å². The van der Waals surface area contributed by atoms with Gasteiger partial charge < -0.3 is 19.5 Å². The summed E-state index contributed by atoms with van der Waals surface area (Å²) in [5.74, 6) is 1.93. The minimum atomic E-state index is -0.191. The smallest absolute Gasteiger partial charge is 0.244 e. The van der Waals surface area contributed by atoms with Gasteiger partial charge in [-0.2, -0.15) is 0 Å². The highest BCUT2D eigenvalue weighted by molar-refractivity contribution is 6.32. The first-order chi connectivity index (χ1) is 15.6. The standard InChI is InChI=1S/C25H23ClN2O4/c1-30-19-4-5-23(31-2)21(14-19)17-11-18-12-20(32-25(18)22(26)13-17)15-28-24(29)6-3-16-7-9-27-10-8-16/h3-11,13-14,20H,12,15H2,1-2H3,(H,28,29)/b6-3+/t20-/m0/s1. The quantitative estimate of drug-likeness (QED) is 0.535. The van der Waals surface area contributed by atoms with E-state index in [4.69, 9.17) is 25.8 Å². The van der Waals surface area contributed by atoms with Gasteiger partial charge in [-0.25, -0.2) is 0 Å². The maximum Gasteiger partial charge on any atom is 0.244 e. The lowest BCUT2D eigenvalue weighted by Crippen LogP contribution is -2.33. The number of amides is 1. The van der Waals surface area contributed by atoms with E-state index in [-0.39, 0.29) is 12.0 Å². The molecule has 0 aliphatic carbocycles. The molecule has 0 fully saturated rings. The van der Waals surface area contributed by atoms with Crippen molar-refractivity contribution in [3.05, 3.63) is 77.1 Å². The number of nitrogens with one attached hydrogen (secondary N) is 1. The molecule has 1 aliphatic heterocycles. The molecule has 164 valence electrons. The van der Waals surface area contributed by atoms with Crippen LogP contribution in [0.25, 0.3) is 17.2 Å². The van der Waals surface area contributed by atoms with Gasteiger partial charge in [0.1, 0.15) is 23.4 Å². The van der Waals surface area contributed by atoms with Crippen molar-refractivity contribution in [1.82, 2.24) is 10.3 Å². The highest BCUT2D eigenvalue weighted by Crippen LogP contribution is 2.42. The summed E-state index contributed by atoms with van der Waals surface area (Å²) in [5.41, 5.74) is 3.70. The van der Waals surface area contributed by atoms with Gasteiger partial charge in [-0.1, -0.05) is 11.6 Å². The second kappa shape index (κ2) is 9.75. The van der Waals surface area contributed by atoms with Crippen molar-refractivity contribution in [2.75, 3.05) is 20.8 Å². The maximum atomic E-state index is 12.2. The maximum absolute atomic E-state index is 12.2. The van der Waals surface area contributed by atoms with Crippen LogP contribution in [0.15, 0.2) is 60.9 Å². The minimum Gasteiger partial charge on any atom is -0.497 e. The number of fused-ring (bicyclic) bond motifs is 1. The Morgan fingerprint density at radius 3 is 2.75 bits per heavy atom. The van der Waals surface area contributed by atoms with Crippen molar-refractivity contribution in [2.24, 2.45) is 0 Å². The molecule has 1 N–H and O–H groups in total. The second-order valence-corrected chi connectivity index (χ2v) is 7.72. The second-order valence-electron chi connectivity index (χ2n) is 7.32. The van der Waals surface area contributed by atoms with E-state index in [1.165, 1.54) is 6.08 Å². The lowest BCUT2D eigenvalue weighted by atomic mass is 9.99. The first-order valence-electron chi connectivity index (χ1n) is 10.1. The van der Waals surface area contributed by atoms with Crippen molar-refractivity contribution in [3.63, 3.8) is 0 Å².